The van der Waals surface area contributed by atoms with Gasteiger partial charge < -0.3 is 15.7 Å². The number of aliphatic carboxylic acids is 1. The summed E-state index contributed by atoms with van der Waals surface area (Å²) in [7, 11) is 0. The molecule has 0 aliphatic rings. The van der Waals surface area contributed by atoms with E-state index in [1.165, 1.54) is 6.08 Å². The molecule has 3 N–H and O–H groups in total. The summed E-state index contributed by atoms with van der Waals surface area (Å²) >= 11 is 6.13. The van der Waals surface area contributed by atoms with Gasteiger partial charge in [0.15, 0.2) is 0 Å². The fourth-order valence-corrected chi connectivity index (χ4v) is 2.67. The number of carboxylic acids is 1. The third-order valence-corrected chi connectivity index (χ3v) is 4.22. The van der Waals surface area contributed by atoms with Crippen molar-refractivity contribution in [1.82, 2.24) is 5.32 Å². The lowest BCUT2D eigenvalue weighted by Gasteiger charge is -2.09. The third kappa shape index (κ3) is 4.99. The minimum atomic E-state index is -1.22. The summed E-state index contributed by atoms with van der Waals surface area (Å²) in [4.78, 5) is 23.7. The van der Waals surface area contributed by atoms with Crippen LogP contribution in [0.5, 0.6) is 0 Å². The molecule has 0 bridgehead atoms. The highest BCUT2D eigenvalue weighted by atomic mass is 35.5. The molecular formula is C22H17ClN2O3. The fraction of sp³-hybridized carbons (Fsp3) is 0. The largest absolute Gasteiger partial charge is 0.477 e. The molecule has 0 aliphatic heterocycles. The van der Waals surface area contributed by atoms with Crippen LogP contribution in [0.1, 0.15) is 15.9 Å². The number of hydrogen-bond acceptors (Lipinski definition) is 3. The Morgan fingerprint density at radius 2 is 1.50 bits per heavy atom. The normalized spacial score (nSPS) is 11.0. The van der Waals surface area contributed by atoms with Crippen LogP contribution in [0.3, 0.4) is 0 Å². The average Bonchev–Trinajstić information content (AvgIpc) is 2.71. The molecule has 28 heavy (non-hydrogen) atoms. The van der Waals surface area contributed by atoms with Crippen molar-refractivity contribution in [2.45, 2.75) is 0 Å². The van der Waals surface area contributed by atoms with E-state index in [9.17, 15) is 14.7 Å². The predicted octanol–water partition coefficient (Wildman–Crippen LogP) is 4.94. The second kappa shape index (κ2) is 8.88. The van der Waals surface area contributed by atoms with Crippen molar-refractivity contribution in [3.8, 4) is 0 Å². The minimum Gasteiger partial charge on any atom is -0.477 e. The minimum absolute atomic E-state index is 0.208. The number of anilines is 2. The number of hydrogen-bond donors (Lipinski definition) is 3. The highest BCUT2D eigenvalue weighted by Crippen LogP contribution is 2.25. The lowest BCUT2D eigenvalue weighted by Crippen LogP contribution is -2.27. The summed E-state index contributed by atoms with van der Waals surface area (Å²) in [5.41, 5.74) is 2.38. The first-order valence-corrected chi connectivity index (χ1v) is 8.84. The molecule has 3 rings (SSSR count). The van der Waals surface area contributed by atoms with Gasteiger partial charge in [0.2, 0.25) is 0 Å². The van der Waals surface area contributed by atoms with E-state index < -0.39 is 11.9 Å². The summed E-state index contributed by atoms with van der Waals surface area (Å²) in [5.74, 6) is -1.70. The van der Waals surface area contributed by atoms with E-state index >= 15 is 0 Å². The lowest BCUT2D eigenvalue weighted by atomic mass is 10.1. The van der Waals surface area contributed by atoms with Gasteiger partial charge in [-0.2, -0.15) is 0 Å². The van der Waals surface area contributed by atoms with Crippen LogP contribution in [0.4, 0.5) is 11.4 Å². The fourth-order valence-electron chi connectivity index (χ4n) is 2.48. The zero-order valence-corrected chi connectivity index (χ0v) is 15.5. The van der Waals surface area contributed by atoms with Gasteiger partial charge in [-0.15, -0.1) is 0 Å². The monoisotopic (exact) mass is 392 g/mol. The van der Waals surface area contributed by atoms with Gasteiger partial charge in [-0.25, -0.2) is 4.79 Å². The standard InChI is InChI=1S/C22H17ClN2O3/c23-18-8-4-5-9-19(18)24-17-12-10-15(11-13-17)14-20(22(27)28)25-21(26)16-6-2-1-3-7-16/h1-14,24H,(H,25,26)(H,27,28)/b20-14-. The smallest absolute Gasteiger partial charge is 0.352 e. The molecule has 1 amide bonds. The maximum absolute atomic E-state index is 12.2. The van der Waals surface area contributed by atoms with E-state index in [4.69, 9.17) is 11.6 Å². The number of rotatable bonds is 6. The van der Waals surface area contributed by atoms with Gasteiger partial charge in [0, 0.05) is 11.3 Å². The Kier molecular flexibility index (Phi) is 6.09. The number of nitrogens with one attached hydrogen (secondary N) is 2. The van der Waals surface area contributed by atoms with Crippen LogP contribution in [0.15, 0.2) is 84.6 Å². The van der Waals surface area contributed by atoms with Crippen molar-refractivity contribution >= 4 is 40.9 Å². The lowest BCUT2D eigenvalue weighted by molar-refractivity contribution is -0.132. The number of amides is 1. The van der Waals surface area contributed by atoms with Gasteiger partial charge in [0.25, 0.3) is 5.91 Å². The Morgan fingerprint density at radius 3 is 2.14 bits per heavy atom. The first kappa shape index (κ1) is 19.2. The Morgan fingerprint density at radius 1 is 0.857 bits per heavy atom. The van der Waals surface area contributed by atoms with Gasteiger partial charge in [-0.3, -0.25) is 4.79 Å². The SMILES string of the molecule is O=C(O)/C(=C/c1ccc(Nc2ccccc2Cl)cc1)NC(=O)c1ccccc1. The Hall–Kier alpha value is -3.57. The van der Waals surface area contributed by atoms with Crippen molar-refractivity contribution in [1.29, 1.82) is 0 Å². The number of carbonyl (C=O) groups is 2. The summed E-state index contributed by atoms with van der Waals surface area (Å²) in [6.45, 7) is 0. The van der Waals surface area contributed by atoms with Gasteiger partial charge in [0.05, 0.1) is 10.7 Å². The molecule has 3 aromatic rings. The quantitative estimate of drug-likeness (QED) is 0.519. The zero-order chi connectivity index (χ0) is 19.9. The number of benzene rings is 3. The maximum Gasteiger partial charge on any atom is 0.352 e. The van der Waals surface area contributed by atoms with Crippen LogP contribution in [0, 0.1) is 0 Å². The molecule has 0 spiro atoms. The van der Waals surface area contributed by atoms with Crippen LogP contribution in [0.25, 0.3) is 6.08 Å². The Balaban J connectivity index is 1.75. The van der Waals surface area contributed by atoms with Crippen LogP contribution in [-0.4, -0.2) is 17.0 Å². The van der Waals surface area contributed by atoms with Crippen molar-refractivity contribution in [2.75, 3.05) is 5.32 Å². The molecule has 140 valence electrons. The van der Waals surface area contributed by atoms with E-state index in [0.29, 0.717) is 16.1 Å². The van der Waals surface area contributed by atoms with E-state index in [-0.39, 0.29) is 5.70 Å². The number of carbonyl (C=O) groups excluding carboxylic acids is 1. The number of halogens is 1. The van der Waals surface area contributed by atoms with Crippen molar-refractivity contribution in [3.05, 3.63) is 101 Å². The van der Waals surface area contributed by atoms with Crippen molar-refractivity contribution in [3.63, 3.8) is 0 Å². The van der Waals surface area contributed by atoms with Crippen LogP contribution in [0.2, 0.25) is 5.02 Å². The van der Waals surface area contributed by atoms with Crippen molar-refractivity contribution < 1.29 is 14.7 Å². The average molecular weight is 393 g/mol. The molecule has 0 saturated heterocycles. The van der Waals surface area contributed by atoms with Gasteiger partial charge >= 0.3 is 5.97 Å². The molecule has 0 saturated carbocycles. The highest BCUT2D eigenvalue weighted by Gasteiger charge is 2.13. The van der Waals surface area contributed by atoms with Crippen LogP contribution in [-0.2, 0) is 4.79 Å². The molecule has 5 nitrogen and oxygen atoms in total. The highest BCUT2D eigenvalue weighted by molar-refractivity contribution is 6.33. The molecule has 0 heterocycles. The Bertz CT molecular complexity index is 1020. The van der Waals surface area contributed by atoms with E-state index in [1.807, 2.05) is 18.2 Å². The molecule has 0 aliphatic carbocycles. The molecule has 0 fully saturated rings. The first-order valence-electron chi connectivity index (χ1n) is 8.46. The number of para-hydroxylation sites is 1. The summed E-state index contributed by atoms with van der Waals surface area (Å²) < 4.78 is 0. The van der Waals surface area contributed by atoms with E-state index in [0.717, 1.165) is 11.4 Å². The maximum atomic E-state index is 12.2. The molecular weight excluding hydrogens is 376 g/mol. The second-order valence-electron chi connectivity index (χ2n) is 5.91. The van der Waals surface area contributed by atoms with Crippen LogP contribution >= 0.6 is 11.6 Å². The van der Waals surface area contributed by atoms with Crippen molar-refractivity contribution in [2.24, 2.45) is 0 Å². The third-order valence-electron chi connectivity index (χ3n) is 3.89. The first-order chi connectivity index (χ1) is 13.5. The van der Waals surface area contributed by atoms with Gasteiger partial charge in [-0.1, -0.05) is 54.1 Å². The molecule has 3 aromatic carbocycles. The zero-order valence-electron chi connectivity index (χ0n) is 14.7. The summed E-state index contributed by atoms with van der Waals surface area (Å²) in [5, 5.41) is 15.6. The second-order valence-corrected chi connectivity index (χ2v) is 6.32. The molecule has 0 unspecified atom stereocenters. The summed E-state index contributed by atoms with van der Waals surface area (Å²) in [6, 6.07) is 22.9. The van der Waals surface area contributed by atoms with Gasteiger partial charge in [-0.05, 0) is 48.0 Å². The molecule has 6 heteroatoms. The molecule has 0 radical (unpaired) electrons. The number of carboxylic acid groups (broad SMARTS) is 1. The summed E-state index contributed by atoms with van der Waals surface area (Å²) in [6.07, 6.45) is 1.41. The topological polar surface area (TPSA) is 78.4 Å². The molecule has 0 aromatic heterocycles. The predicted molar refractivity (Wildman–Crippen MR) is 111 cm³/mol. The Labute approximate surface area is 167 Å². The molecule has 0 atom stereocenters. The van der Waals surface area contributed by atoms with Gasteiger partial charge in [0.1, 0.15) is 5.70 Å². The van der Waals surface area contributed by atoms with Crippen LogP contribution < -0.4 is 10.6 Å². The van der Waals surface area contributed by atoms with E-state index in [2.05, 4.69) is 10.6 Å². The van der Waals surface area contributed by atoms with E-state index in [1.54, 1.807) is 60.7 Å².